The second kappa shape index (κ2) is 5.27. The van der Waals surface area contributed by atoms with Crippen molar-refractivity contribution in [1.29, 1.82) is 0 Å². The van der Waals surface area contributed by atoms with Crippen LogP contribution >= 0.6 is 11.6 Å². The molecule has 4 heteroatoms. The van der Waals surface area contributed by atoms with Gasteiger partial charge in [0.25, 0.3) is 0 Å². The number of allylic oxidation sites excluding steroid dienone is 1. The summed E-state index contributed by atoms with van der Waals surface area (Å²) in [5, 5.41) is 4.06. The van der Waals surface area contributed by atoms with E-state index >= 15 is 0 Å². The van der Waals surface area contributed by atoms with Crippen LogP contribution in [0.4, 0.5) is 11.6 Å². The molecule has 1 N–H and O–H groups in total. The number of benzene rings is 1. The zero-order valence-electron chi connectivity index (χ0n) is 10.6. The molecule has 0 bridgehead atoms. The summed E-state index contributed by atoms with van der Waals surface area (Å²) in [6, 6.07) is 5.79. The van der Waals surface area contributed by atoms with Gasteiger partial charge in [-0.1, -0.05) is 23.7 Å². The van der Waals surface area contributed by atoms with Crippen LogP contribution in [0.5, 0.6) is 0 Å². The van der Waals surface area contributed by atoms with Crippen LogP contribution in [-0.4, -0.2) is 9.55 Å². The predicted octanol–water partition coefficient (Wildman–Crippen LogP) is 4.08. The van der Waals surface area contributed by atoms with E-state index in [0.29, 0.717) is 0 Å². The lowest BCUT2D eigenvalue weighted by molar-refractivity contribution is 0.832. The minimum atomic E-state index is 0.725. The lowest BCUT2D eigenvalue weighted by atomic mass is 10.2. The number of halogens is 1. The Morgan fingerprint density at radius 1 is 1.44 bits per heavy atom. The number of nitrogens with one attached hydrogen (secondary N) is 1. The number of anilines is 2. The average Bonchev–Trinajstić information content (AvgIpc) is 2.66. The van der Waals surface area contributed by atoms with Gasteiger partial charge in [-0.15, -0.1) is 6.58 Å². The summed E-state index contributed by atoms with van der Waals surface area (Å²) in [7, 11) is 0. The fourth-order valence-electron chi connectivity index (χ4n) is 1.79. The van der Waals surface area contributed by atoms with Gasteiger partial charge in [0.15, 0.2) is 0 Å². The monoisotopic (exact) mass is 261 g/mol. The summed E-state index contributed by atoms with van der Waals surface area (Å²) in [6.45, 7) is 8.42. The number of hydrogen-bond donors (Lipinski definition) is 1. The highest BCUT2D eigenvalue weighted by Crippen LogP contribution is 2.25. The molecule has 0 fully saturated rings. The Labute approximate surface area is 112 Å². The van der Waals surface area contributed by atoms with Crippen molar-refractivity contribution >= 4 is 23.2 Å². The molecule has 18 heavy (non-hydrogen) atoms. The minimum absolute atomic E-state index is 0.725. The minimum Gasteiger partial charge on any atom is -0.325 e. The fraction of sp³-hybridized carbons (Fsp3) is 0.214. The van der Waals surface area contributed by atoms with Crippen LogP contribution in [0, 0.1) is 13.8 Å². The second-order valence-corrected chi connectivity index (χ2v) is 4.59. The first-order valence-electron chi connectivity index (χ1n) is 5.78. The number of hydrogen-bond acceptors (Lipinski definition) is 2. The second-order valence-electron chi connectivity index (χ2n) is 4.18. The summed E-state index contributed by atoms with van der Waals surface area (Å²) in [5.41, 5.74) is 2.96. The Morgan fingerprint density at radius 2 is 2.22 bits per heavy atom. The van der Waals surface area contributed by atoms with E-state index in [4.69, 9.17) is 11.6 Å². The van der Waals surface area contributed by atoms with Gasteiger partial charge in [-0.3, -0.25) is 0 Å². The van der Waals surface area contributed by atoms with E-state index < -0.39 is 0 Å². The summed E-state index contributed by atoms with van der Waals surface area (Å²) in [5.74, 6) is 0.803. The van der Waals surface area contributed by atoms with Crippen LogP contribution < -0.4 is 5.32 Å². The molecule has 1 aromatic carbocycles. The summed E-state index contributed by atoms with van der Waals surface area (Å²) in [4.78, 5) is 4.46. The highest BCUT2D eigenvalue weighted by molar-refractivity contribution is 6.31. The maximum atomic E-state index is 6.10. The lowest BCUT2D eigenvalue weighted by Gasteiger charge is -2.11. The van der Waals surface area contributed by atoms with Crippen molar-refractivity contribution in [2.75, 3.05) is 5.32 Å². The van der Waals surface area contributed by atoms with Gasteiger partial charge < -0.3 is 9.88 Å². The number of aromatic nitrogens is 2. The van der Waals surface area contributed by atoms with Crippen LogP contribution in [0.2, 0.25) is 5.02 Å². The summed E-state index contributed by atoms with van der Waals surface area (Å²) < 4.78 is 2.02. The Hall–Kier alpha value is -1.74. The van der Waals surface area contributed by atoms with Gasteiger partial charge in [-0.05, 0) is 31.5 Å². The smallest absolute Gasteiger partial charge is 0.207 e. The number of imidazole rings is 1. The Bertz CT molecular complexity index is 572. The molecular weight excluding hydrogens is 246 g/mol. The third-order valence-electron chi connectivity index (χ3n) is 2.74. The van der Waals surface area contributed by atoms with Crippen molar-refractivity contribution in [3.05, 3.63) is 53.3 Å². The zero-order valence-corrected chi connectivity index (χ0v) is 11.3. The molecule has 3 nitrogen and oxygen atoms in total. The van der Waals surface area contributed by atoms with Crippen molar-refractivity contribution in [1.82, 2.24) is 9.55 Å². The number of nitrogens with zero attached hydrogens (tertiary/aromatic N) is 2. The van der Waals surface area contributed by atoms with Crippen LogP contribution in [0.25, 0.3) is 0 Å². The molecule has 1 heterocycles. The van der Waals surface area contributed by atoms with Crippen molar-refractivity contribution in [3.63, 3.8) is 0 Å². The molecule has 0 unspecified atom stereocenters. The van der Waals surface area contributed by atoms with Gasteiger partial charge in [-0.25, -0.2) is 4.98 Å². The molecule has 0 aliphatic heterocycles. The molecule has 0 aliphatic rings. The molecule has 0 radical (unpaired) electrons. The highest BCUT2D eigenvalue weighted by Gasteiger charge is 2.07. The van der Waals surface area contributed by atoms with Gasteiger partial charge in [0.2, 0.25) is 5.95 Å². The Kier molecular flexibility index (Phi) is 3.72. The molecule has 2 aromatic rings. The van der Waals surface area contributed by atoms with Gasteiger partial charge in [0.05, 0.1) is 5.69 Å². The maximum absolute atomic E-state index is 6.10. The average molecular weight is 262 g/mol. The molecule has 0 atom stereocenters. The quantitative estimate of drug-likeness (QED) is 0.841. The van der Waals surface area contributed by atoms with Gasteiger partial charge in [-0.2, -0.15) is 0 Å². The third kappa shape index (κ3) is 2.57. The first-order valence-corrected chi connectivity index (χ1v) is 6.16. The molecule has 0 saturated heterocycles. The predicted molar refractivity (Wildman–Crippen MR) is 76.6 cm³/mol. The van der Waals surface area contributed by atoms with E-state index in [1.807, 2.05) is 48.9 Å². The first kappa shape index (κ1) is 12.7. The standard InChI is InChI=1S/C14H16ClN3/c1-4-8-18-9-10(2)16-14(18)17-13-7-5-6-12(15)11(13)3/h4-7,9H,1,8H2,2-3H3,(H,16,17). The number of rotatable bonds is 4. The molecule has 0 spiro atoms. The van der Waals surface area contributed by atoms with Gasteiger partial charge in [0, 0.05) is 23.5 Å². The van der Waals surface area contributed by atoms with Crippen molar-refractivity contribution < 1.29 is 0 Å². The molecule has 2 rings (SSSR count). The molecule has 1 aromatic heterocycles. The van der Waals surface area contributed by atoms with Crippen molar-refractivity contribution in [2.24, 2.45) is 0 Å². The highest BCUT2D eigenvalue weighted by atomic mass is 35.5. The van der Waals surface area contributed by atoms with E-state index in [2.05, 4.69) is 16.9 Å². The van der Waals surface area contributed by atoms with Crippen LogP contribution in [-0.2, 0) is 6.54 Å². The molecule has 0 aliphatic carbocycles. The van der Waals surface area contributed by atoms with E-state index in [9.17, 15) is 0 Å². The summed E-state index contributed by atoms with van der Waals surface area (Å²) in [6.07, 6.45) is 3.83. The third-order valence-corrected chi connectivity index (χ3v) is 3.15. The Balaban J connectivity index is 2.33. The van der Waals surface area contributed by atoms with Crippen LogP contribution in [0.3, 0.4) is 0 Å². The molecular formula is C14H16ClN3. The van der Waals surface area contributed by atoms with Crippen LogP contribution in [0.1, 0.15) is 11.3 Å². The molecule has 94 valence electrons. The SMILES string of the molecule is C=CCn1cc(C)nc1Nc1cccc(Cl)c1C. The van der Waals surface area contributed by atoms with E-state index in [-0.39, 0.29) is 0 Å². The van der Waals surface area contributed by atoms with Crippen molar-refractivity contribution in [2.45, 2.75) is 20.4 Å². The van der Waals surface area contributed by atoms with Gasteiger partial charge in [0.1, 0.15) is 0 Å². The van der Waals surface area contributed by atoms with Gasteiger partial charge >= 0.3 is 0 Å². The largest absolute Gasteiger partial charge is 0.325 e. The van der Waals surface area contributed by atoms with Crippen LogP contribution in [0.15, 0.2) is 37.1 Å². The molecule has 0 amide bonds. The van der Waals surface area contributed by atoms with E-state index in [1.165, 1.54) is 0 Å². The fourth-order valence-corrected chi connectivity index (χ4v) is 1.96. The molecule has 0 saturated carbocycles. The maximum Gasteiger partial charge on any atom is 0.207 e. The summed E-state index contributed by atoms with van der Waals surface area (Å²) >= 11 is 6.10. The normalized spacial score (nSPS) is 10.4. The number of aryl methyl sites for hydroxylation is 1. The zero-order chi connectivity index (χ0) is 13.1. The Morgan fingerprint density at radius 3 is 2.94 bits per heavy atom. The van der Waals surface area contributed by atoms with Crippen molar-refractivity contribution in [3.8, 4) is 0 Å². The lowest BCUT2D eigenvalue weighted by Crippen LogP contribution is -2.03. The van der Waals surface area contributed by atoms with E-state index in [1.54, 1.807) is 0 Å². The van der Waals surface area contributed by atoms with E-state index in [0.717, 1.165) is 34.5 Å². The first-order chi connectivity index (χ1) is 8.61. The topological polar surface area (TPSA) is 29.9 Å².